The fourth-order valence-electron chi connectivity index (χ4n) is 1.49. The number of nitrogens with two attached hydrogens (primary N) is 1. The summed E-state index contributed by atoms with van der Waals surface area (Å²) in [5.41, 5.74) is 6.77. The molecule has 1 aromatic rings. The monoisotopic (exact) mass is 281 g/mol. The van der Waals surface area contributed by atoms with Crippen LogP contribution in [0.4, 0.5) is 13.2 Å². The number of alkyl halides is 3. The molecule has 102 valence electrons. The molecule has 0 spiro atoms. The van der Waals surface area contributed by atoms with E-state index in [9.17, 15) is 13.2 Å². The normalized spacial score (nSPS) is 13.6. The Hall–Kier alpha value is -0.780. The fraction of sp³-hybridized carbons (Fsp3) is 0.500. The van der Waals surface area contributed by atoms with Crippen molar-refractivity contribution < 1.29 is 17.9 Å². The highest BCUT2D eigenvalue weighted by Gasteiger charge is 2.27. The molecule has 0 heterocycles. The van der Waals surface area contributed by atoms with Gasteiger partial charge < -0.3 is 10.5 Å². The average Bonchev–Trinajstić information content (AvgIpc) is 2.23. The van der Waals surface area contributed by atoms with E-state index in [0.29, 0.717) is 17.9 Å². The van der Waals surface area contributed by atoms with Crippen molar-refractivity contribution >= 4 is 11.6 Å². The first-order chi connectivity index (χ1) is 8.37. The highest BCUT2D eigenvalue weighted by atomic mass is 35.5. The summed E-state index contributed by atoms with van der Waals surface area (Å²) in [5, 5.41) is 0.619. The Bertz CT molecular complexity index is 371. The second-order valence-corrected chi connectivity index (χ2v) is 4.49. The van der Waals surface area contributed by atoms with E-state index in [4.69, 9.17) is 17.3 Å². The maximum atomic E-state index is 11.8. The van der Waals surface area contributed by atoms with E-state index < -0.39 is 12.8 Å². The molecule has 1 atom stereocenters. The first kappa shape index (κ1) is 15.3. The number of halogens is 4. The second-order valence-electron chi connectivity index (χ2n) is 4.05. The lowest BCUT2D eigenvalue weighted by Crippen LogP contribution is -2.26. The number of rotatable bonds is 6. The van der Waals surface area contributed by atoms with Gasteiger partial charge in [-0.2, -0.15) is 13.2 Å². The number of hydrogen-bond acceptors (Lipinski definition) is 2. The van der Waals surface area contributed by atoms with E-state index in [2.05, 4.69) is 4.74 Å². The number of hydrogen-bond donors (Lipinski definition) is 1. The van der Waals surface area contributed by atoms with Crippen molar-refractivity contribution in [3.63, 3.8) is 0 Å². The van der Waals surface area contributed by atoms with Gasteiger partial charge in [-0.15, -0.1) is 0 Å². The predicted molar refractivity (Wildman–Crippen MR) is 64.6 cm³/mol. The first-order valence-electron chi connectivity index (χ1n) is 5.51. The van der Waals surface area contributed by atoms with E-state index in [1.807, 2.05) is 12.1 Å². The summed E-state index contributed by atoms with van der Waals surface area (Å²) in [4.78, 5) is 0. The number of ether oxygens (including phenoxy) is 1. The molecule has 0 aliphatic heterocycles. The van der Waals surface area contributed by atoms with Gasteiger partial charge in [-0.3, -0.25) is 0 Å². The Labute approximate surface area is 109 Å². The van der Waals surface area contributed by atoms with Crippen LogP contribution in [-0.4, -0.2) is 25.4 Å². The molecule has 18 heavy (non-hydrogen) atoms. The molecule has 1 unspecified atom stereocenters. The van der Waals surface area contributed by atoms with E-state index in [1.54, 1.807) is 12.1 Å². The molecule has 0 aliphatic carbocycles. The van der Waals surface area contributed by atoms with Gasteiger partial charge in [0.25, 0.3) is 0 Å². The minimum atomic E-state index is -4.28. The molecule has 6 heteroatoms. The third kappa shape index (κ3) is 6.83. The lowest BCUT2D eigenvalue weighted by atomic mass is 10.0. The molecule has 0 bridgehead atoms. The molecular formula is C12H15ClF3NO. The lowest BCUT2D eigenvalue weighted by Gasteiger charge is -2.13. The SMILES string of the molecule is NC(CCOCC(F)(F)F)Cc1cccc(Cl)c1. The Morgan fingerprint density at radius 3 is 2.67 bits per heavy atom. The maximum Gasteiger partial charge on any atom is 0.411 e. The van der Waals surface area contributed by atoms with Gasteiger partial charge in [0, 0.05) is 17.7 Å². The Morgan fingerprint density at radius 2 is 2.06 bits per heavy atom. The van der Waals surface area contributed by atoms with Crippen LogP contribution < -0.4 is 5.73 Å². The van der Waals surface area contributed by atoms with Crippen molar-refractivity contribution in [1.29, 1.82) is 0 Å². The summed E-state index contributed by atoms with van der Waals surface area (Å²) < 4.78 is 39.9. The van der Waals surface area contributed by atoms with Gasteiger partial charge in [-0.05, 0) is 30.5 Å². The zero-order valence-corrected chi connectivity index (χ0v) is 10.5. The van der Waals surface area contributed by atoms with Crippen LogP contribution in [0.2, 0.25) is 5.02 Å². The summed E-state index contributed by atoms with van der Waals surface area (Å²) in [5.74, 6) is 0. The zero-order chi connectivity index (χ0) is 13.6. The summed E-state index contributed by atoms with van der Waals surface area (Å²) >= 11 is 5.81. The molecule has 0 radical (unpaired) electrons. The van der Waals surface area contributed by atoms with Crippen LogP contribution in [0.1, 0.15) is 12.0 Å². The lowest BCUT2D eigenvalue weighted by molar-refractivity contribution is -0.174. The van der Waals surface area contributed by atoms with Gasteiger partial charge in [-0.25, -0.2) is 0 Å². The summed E-state index contributed by atoms with van der Waals surface area (Å²) in [6.45, 7) is -1.22. The Balaban J connectivity index is 2.24. The van der Waals surface area contributed by atoms with Crippen LogP contribution in [0.15, 0.2) is 24.3 Å². The van der Waals surface area contributed by atoms with Crippen LogP contribution in [0, 0.1) is 0 Å². The van der Waals surface area contributed by atoms with Crippen molar-refractivity contribution in [2.24, 2.45) is 5.73 Å². The summed E-state index contributed by atoms with van der Waals surface area (Å²) in [6, 6.07) is 6.99. The molecule has 0 amide bonds. The van der Waals surface area contributed by atoms with Crippen molar-refractivity contribution in [3.8, 4) is 0 Å². The van der Waals surface area contributed by atoms with Crippen molar-refractivity contribution in [2.75, 3.05) is 13.2 Å². The molecular weight excluding hydrogens is 267 g/mol. The molecule has 0 saturated carbocycles. The van der Waals surface area contributed by atoms with E-state index in [1.165, 1.54) is 0 Å². The molecule has 2 N–H and O–H groups in total. The molecule has 0 aliphatic rings. The minimum Gasteiger partial charge on any atom is -0.372 e. The molecule has 0 aromatic heterocycles. The fourth-order valence-corrected chi connectivity index (χ4v) is 1.70. The van der Waals surface area contributed by atoms with E-state index in [-0.39, 0.29) is 12.6 Å². The zero-order valence-electron chi connectivity index (χ0n) is 9.71. The van der Waals surface area contributed by atoms with Gasteiger partial charge in [0.1, 0.15) is 6.61 Å². The Kier molecular flexibility index (Phi) is 5.91. The van der Waals surface area contributed by atoms with Crippen LogP contribution in [-0.2, 0) is 11.2 Å². The highest BCUT2D eigenvalue weighted by Crippen LogP contribution is 2.15. The first-order valence-corrected chi connectivity index (χ1v) is 5.89. The van der Waals surface area contributed by atoms with Crippen molar-refractivity contribution in [1.82, 2.24) is 0 Å². The van der Waals surface area contributed by atoms with Gasteiger partial charge >= 0.3 is 6.18 Å². The second kappa shape index (κ2) is 6.97. The summed E-state index contributed by atoms with van der Waals surface area (Å²) in [7, 11) is 0. The van der Waals surface area contributed by atoms with E-state index in [0.717, 1.165) is 5.56 Å². The van der Waals surface area contributed by atoms with Crippen LogP contribution in [0.5, 0.6) is 0 Å². The van der Waals surface area contributed by atoms with Crippen LogP contribution in [0.25, 0.3) is 0 Å². The molecule has 0 fully saturated rings. The standard InChI is InChI=1S/C12H15ClF3NO/c13-10-3-1-2-9(6-10)7-11(17)4-5-18-8-12(14,15)16/h1-3,6,11H,4-5,7-8,17H2. The smallest absolute Gasteiger partial charge is 0.372 e. The molecule has 0 saturated heterocycles. The largest absolute Gasteiger partial charge is 0.411 e. The van der Waals surface area contributed by atoms with Crippen LogP contribution in [0.3, 0.4) is 0 Å². The number of benzene rings is 1. The summed E-state index contributed by atoms with van der Waals surface area (Å²) in [6.07, 6.45) is -3.34. The third-order valence-electron chi connectivity index (χ3n) is 2.29. The van der Waals surface area contributed by atoms with Crippen molar-refractivity contribution in [3.05, 3.63) is 34.9 Å². The topological polar surface area (TPSA) is 35.2 Å². The molecule has 1 rings (SSSR count). The molecule has 2 nitrogen and oxygen atoms in total. The maximum absolute atomic E-state index is 11.8. The highest BCUT2D eigenvalue weighted by molar-refractivity contribution is 6.30. The van der Waals surface area contributed by atoms with Crippen molar-refractivity contribution in [2.45, 2.75) is 25.1 Å². The quantitative estimate of drug-likeness (QED) is 0.813. The van der Waals surface area contributed by atoms with E-state index >= 15 is 0 Å². The van der Waals surface area contributed by atoms with Gasteiger partial charge in [0.2, 0.25) is 0 Å². The third-order valence-corrected chi connectivity index (χ3v) is 2.52. The average molecular weight is 282 g/mol. The minimum absolute atomic E-state index is 0.00123. The van der Waals surface area contributed by atoms with Gasteiger partial charge in [0.15, 0.2) is 0 Å². The predicted octanol–water partition coefficient (Wildman–Crippen LogP) is 3.18. The van der Waals surface area contributed by atoms with Crippen LogP contribution >= 0.6 is 11.6 Å². The van der Waals surface area contributed by atoms with Gasteiger partial charge in [-0.1, -0.05) is 23.7 Å². The Morgan fingerprint density at radius 1 is 1.33 bits per heavy atom. The molecule has 1 aromatic carbocycles. The van der Waals surface area contributed by atoms with Gasteiger partial charge in [0.05, 0.1) is 0 Å².